The van der Waals surface area contributed by atoms with Gasteiger partial charge in [0.2, 0.25) is 5.88 Å². The number of hydrogen-bond donors (Lipinski definition) is 1. The van der Waals surface area contributed by atoms with Crippen molar-refractivity contribution in [3.63, 3.8) is 0 Å². The quantitative estimate of drug-likeness (QED) is 0.927. The largest absolute Gasteiger partial charge is 0.439 e. The van der Waals surface area contributed by atoms with Gasteiger partial charge in [0.15, 0.2) is 0 Å². The molecule has 0 unspecified atom stereocenters. The molecule has 0 saturated carbocycles. The van der Waals surface area contributed by atoms with E-state index >= 15 is 0 Å². The van der Waals surface area contributed by atoms with Crippen LogP contribution in [0.15, 0.2) is 30.3 Å². The van der Waals surface area contributed by atoms with E-state index in [-0.39, 0.29) is 5.82 Å². The van der Waals surface area contributed by atoms with Crippen LogP contribution in [-0.4, -0.2) is 12.0 Å². The van der Waals surface area contributed by atoms with Crippen LogP contribution in [0.25, 0.3) is 0 Å². The van der Waals surface area contributed by atoms with E-state index in [1.807, 2.05) is 7.05 Å². The first-order valence-electron chi connectivity index (χ1n) is 5.84. The van der Waals surface area contributed by atoms with Crippen LogP contribution in [0.1, 0.15) is 11.3 Å². The summed E-state index contributed by atoms with van der Waals surface area (Å²) in [5.41, 5.74) is 1.42. The SMILES string of the molecule is CNCc1nc(Oc2ccc(F)cc2C)ccc1Cl. The molecule has 1 aromatic heterocycles. The van der Waals surface area contributed by atoms with Gasteiger partial charge < -0.3 is 10.1 Å². The molecule has 2 rings (SSSR count). The molecule has 0 spiro atoms. The molecule has 0 bridgehead atoms. The average molecular weight is 281 g/mol. The van der Waals surface area contributed by atoms with Gasteiger partial charge >= 0.3 is 0 Å². The highest BCUT2D eigenvalue weighted by atomic mass is 35.5. The normalized spacial score (nSPS) is 10.5. The minimum absolute atomic E-state index is 0.287. The summed E-state index contributed by atoms with van der Waals surface area (Å²) in [6, 6.07) is 7.77. The van der Waals surface area contributed by atoms with Crippen molar-refractivity contribution in [2.45, 2.75) is 13.5 Å². The molecular formula is C14H14ClFN2O. The van der Waals surface area contributed by atoms with E-state index in [1.54, 1.807) is 25.1 Å². The summed E-state index contributed by atoms with van der Waals surface area (Å²) < 4.78 is 18.6. The van der Waals surface area contributed by atoms with Gasteiger partial charge in [0, 0.05) is 12.6 Å². The van der Waals surface area contributed by atoms with Crippen LogP contribution in [0.5, 0.6) is 11.6 Å². The predicted molar refractivity (Wildman–Crippen MR) is 73.2 cm³/mol. The van der Waals surface area contributed by atoms with Crippen LogP contribution in [0.4, 0.5) is 4.39 Å². The number of rotatable bonds is 4. The van der Waals surface area contributed by atoms with Crippen LogP contribution in [0, 0.1) is 12.7 Å². The highest BCUT2D eigenvalue weighted by molar-refractivity contribution is 6.31. The van der Waals surface area contributed by atoms with Crippen molar-refractivity contribution in [1.29, 1.82) is 0 Å². The second kappa shape index (κ2) is 5.99. The van der Waals surface area contributed by atoms with Gasteiger partial charge in [-0.2, -0.15) is 0 Å². The van der Waals surface area contributed by atoms with E-state index in [9.17, 15) is 4.39 Å². The molecule has 1 heterocycles. The molecule has 0 amide bonds. The van der Waals surface area contributed by atoms with Crippen molar-refractivity contribution in [2.75, 3.05) is 7.05 Å². The van der Waals surface area contributed by atoms with Crippen molar-refractivity contribution < 1.29 is 9.13 Å². The van der Waals surface area contributed by atoms with Gasteiger partial charge in [0.1, 0.15) is 11.6 Å². The number of ether oxygens (including phenoxy) is 1. The van der Waals surface area contributed by atoms with E-state index in [4.69, 9.17) is 16.3 Å². The Hall–Kier alpha value is -1.65. The first kappa shape index (κ1) is 13.8. The fourth-order valence-electron chi connectivity index (χ4n) is 1.65. The predicted octanol–water partition coefficient (Wildman–Crippen LogP) is 3.69. The van der Waals surface area contributed by atoms with Gasteiger partial charge in [-0.05, 0) is 43.8 Å². The third kappa shape index (κ3) is 3.43. The van der Waals surface area contributed by atoms with Gasteiger partial charge in [-0.15, -0.1) is 0 Å². The van der Waals surface area contributed by atoms with Crippen LogP contribution in [0.2, 0.25) is 5.02 Å². The third-order valence-electron chi connectivity index (χ3n) is 2.59. The molecule has 0 aliphatic heterocycles. The number of pyridine rings is 1. The molecule has 100 valence electrons. The van der Waals surface area contributed by atoms with Crippen LogP contribution in [0.3, 0.4) is 0 Å². The average Bonchev–Trinajstić information content (AvgIpc) is 2.37. The summed E-state index contributed by atoms with van der Waals surface area (Å²) in [7, 11) is 1.82. The maximum absolute atomic E-state index is 13.0. The fourth-order valence-corrected chi connectivity index (χ4v) is 1.82. The lowest BCUT2D eigenvalue weighted by Crippen LogP contribution is -2.08. The van der Waals surface area contributed by atoms with E-state index in [0.717, 1.165) is 0 Å². The molecule has 1 N–H and O–H groups in total. The molecule has 0 aliphatic carbocycles. The minimum Gasteiger partial charge on any atom is -0.439 e. The Morgan fingerprint density at radius 3 is 2.79 bits per heavy atom. The molecule has 19 heavy (non-hydrogen) atoms. The lowest BCUT2D eigenvalue weighted by atomic mass is 10.2. The molecule has 3 nitrogen and oxygen atoms in total. The van der Waals surface area contributed by atoms with Gasteiger partial charge in [0.05, 0.1) is 10.7 Å². The number of hydrogen-bond acceptors (Lipinski definition) is 3. The summed E-state index contributed by atoms with van der Waals surface area (Å²) in [6.45, 7) is 2.33. The number of nitrogens with one attached hydrogen (secondary N) is 1. The van der Waals surface area contributed by atoms with Crippen molar-refractivity contribution in [2.24, 2.45) is 0 Å². The lowest BCUT2D eigenvalue weighted by molar-refractivity contribution is 0.455. The summed E-state index contributed by atoms with van der Waals surface area (Å²) in [5.74, 6) is 0.723. The van der Waals surface area contributed by atoms with Gasteiger partial charge in [-0.3, -0.25) is 0 Å². The summed E-state index contributed by atoms with van der Waals surface area (Å²) in [4.78, 5) is 4.31. The summed E-state index contributed by atoms with van der Waals surface area (Å²) in [6.07, 6.45) is 0. The summed E-state index contributed by atoms with van der Waals surface area (Å²) >= 11 is 6.02. The van der Waals surface area contributed by atoms with Gasteiger partial charge in [0.25, 0.3) is 0 Å². The number of benzene rings is 1. The maximum Gasteiger partial charge on any atom is 0.219 e. The monoisotopic (exact) mass is 280 g/mol. The molecule has 1 aromatic carbocycles. The highest BCUT2D eigenvalue weighted by Gasteiger charge is 2.07. The van der Waals surface area contributed by atoms with Gasteiger partial charge in [-0.25, -0.2) is 9.37 Å². The molecule has 0 saturated heterocycles. The van der Waals surface area contributed by atoms with Crippen LogP contribution < -0.4 is 10.1 Å². The number of aromatic nitrogens is 1. The summed E-state index contributed by atoms with van der Waals surface area (Å²) in [5, 5.41) is 3.56. The Kier molecular flexibility index (Phi) is 4.35. The number of halogens is 2. The van der Waals surface area contributed by atoms with E-state index in [1.165, 1.54) is 12.1 Å². The Bertz CT molecular complexity index is 590. The number of aryl methyl sites for hydroxylation is 1. The highest BCUT2D eigenvalue weighted by Crippen LogP contribution is 2.26. The zero-order chi connectivity index (χ0) is 13.8. The maximum atomic E-state index is 13.0. The van der Waals surface area contributed by atoms with Crippen LogP contribution in [-0.2, 0) is 6.54 Å². The molecule has 0 aliphatic rings. The van der Waals surface area contributed by atoms with E-state index in [0.29, 0.717) is 34.5 Å². The van der Waals surface area contributed by atoms with Crippen molar-refractivity contribution in [3.8, 4) is 11.6 Å². The van der Waals surface area contributed by atoms with Gasteiger partial charge in [-0.1, -0.05) is 11.6 Å². The first-order chi connectivity index (χ1) is 9.10. The third-order valence-corrected chi connectivity index (χ3v) is 2.93. The molecule has 0 radical (unpaired) electrons. The Labute approximate surface area is 116 Å². The van der Waals surface area contributed by atoms with E-state index < -0.39 is 0 Å². The lowest BCUT2D eigenvalue weighted by Gasteiger charge is -2.10. The van der Waals surface area contributed by atoms with E-state index in [2.05, 4.69) is 10.3 Å². The molecule has 0 atom stereocenters. The zero-order valence-corrected chi connectivity index (χ0v) is 11.5. The standard InChI is InChI=1S/C14H14ClFN2O/c1-9-7-10(16)3-5-13(9)19-14-6-4-11(15)12(18-14)8-17-2/h3-7,17H,8H2,1-2H3. The Morgan fingerprint density at radius 2 is 2.11 bits per heavy atom. The van der Waals surface area contributed by atoms with Crippen molar-refractivity contribution in [3.05, 3.63) is 52.4 Å². The Morgan fingerprint density at radius 1 is 1.32 bits per heavy atom. The number of nitrogens with zero attached hydrogens (tertiary/aromatic N) is 1. The molecule has 0 fully saturated rings. The molecule has 5 heteroatoms. The van der Waals surface area contributed by atoms with Crippen LogP contribution >= 0.6 is 11.6 Å². The van der Waals surface area contributed by atoms with Crippen molar-refractivity contribution in [1.82, 2.24) is 10.3 Å². The first-order valence-corrected chi connectivity index (χ1v) is 6.22. The second-order valence-electron chi connectivity index (χ2n) is 4.12. The fraction of sp³-hybridized carbons (Fsp3) is 0.214. The molecular weight excluding hydrogens is 267 g/mol. The zero-order valence-electron chi connectivity index (χ0n) is 10.7. The Balaban J connectivity index is 2.25. The topological polar surface area (TPSA) is 34.2 Å². The minimum atomic E-state index is -0.287. The second-order valence-corrected chi connectivity index (χ2v) is 4.53. The van der Waals surface area contributed by atoms with Crippen molar-refractivity contribution >= 4 is 11.6 Å². The molecule has 2 aromatic rings. The smallest absolute Gasteiger partial charge is 0.219 e.